The molecular formula is C18H32N4O2S. The molecule has 0 aromatic carbocycles. The number of nitrogens with one attached hydrogen (secondary N) is 2. The van der Waals surface area contributed by atoms with Crippen molar-refractivity contribution >= 4 is 17.3 Å². The van der Waals surface area contributed by atoms with E-state index in [4.69, 9.17) is 14.5 Å². The number of hydrogen-bond acceptors (Lipinski definition) is 5. The zero-order valence-electron chi connectivity index (χ0n) is 15.6. The molecule has 7 heteroatoms. The second-order valence-electron chi connectivity index (χ2n) is 6.17. The fourth-order valence-corrected chi connectivity index (χ4v) is 4.00. The lowest BCUT2D eigenvalue weighted by Gasteiger charge is -2.11. The van der Waals surface area contributed by atoms with Crippen molar-refractivity contribution in [3.63, 3.8) is 0 Å². The zero-order valence-corrected chi connectivity index (χ0v) is 16.4. The van der Waals surface area contributed by atoms with Gasteiger partial charge >= 0.3 is 0 Å². The molecule has 1 heterocycles. The summed E-state index contributed by atoms with van der Waals surface area (Å²) in [6, 6.07) is 0. The first-order valence-electron chi connectivity index (χ1n) is 9.32. The summed E-state index contributed by atoms with van der Waals surface area (Å²) >= 11 is 1.92. The van der Waals surface area contributed by atoms with E-state index in [1.54, 1.807) is 14.2 Å². The number of aryl methyl sites for hydroxylation is 3. The zero-order chi connectivity index (χ0) is 17.7. The van der Waals surface area contributed by atoms with Crippen LogP contribution in [0.25, 0.3) is 0 Å². The van der Waals surface area contributed by atoms with Crippen LogP contribution >= 0.6 is 11.3 Å². The summed E-state index contributed by atoms with van der Waals surface area (Å²) in [5.41, 5.74) is 1.37. The van der Waals surface area contributed by atoms with Crippen LogP contribution in [0.4, 0.5) is 0 Å². The Morgan fingerprint density at radius 1 is 1.12 bits per heavy atom. The quantitative estimate of drug-likeness (QED) is 0.356. The maximum atomic E-state index is 5.44. The number of rotatable bonds is 11. The third-order valence-electron chi connectivity index (χ3n) is 4.16. The summed E-state index contributed by atoms with van der Waals surface area (Å²) in [4.78, 5) is 10.6. The van der Waals surface area contributed by atoms with Crippen LogP contribution < -0.4 is 10.6 Å². The number of methoxy groups -OCH3 is 1. The topological polar surface area (TPSA) is 67.8 Å². The molecule has 6 nitrogen and oxygen atoms in total. The van der Waals surface area contributed by atoms with E-state index >= 15 is 0 Å². The van der Waals surface area contributed by atoms with Gasteiger partial charge in [-0.15, -0.1) is 11.3 Å². The van der Waals surface area contributed by atoms with Crippen LogP contribution in [0.15, 0.2) is 4.99 Å². The van der Waals surface area contributed by atoms with Gasteiger partial charge in [0.1, 0.15) is 0 Å². The molecule has 0 unspecified atom stereocenters. The molecule has 0 atom stereocenters. The lowest BCUT2D eigenvalue weighted by molar-refractivity contribution is 0.0698. The van der Waals surface area contributed by atoms with Gasteiger partial charge in [-0.3, -0.25) is 4.99 Å². The Kier molecular flexibility index (Phi) is 9.84. The summed E-state index contributed by atoms with van der Waals surface area (Å²) in [6.07, 6.45) is 8.12. The van der Waals surface area contributed by atoms with Crippen molar-refractivity contribution in [2.75, 3.05) is 47.1 Å². The maximum absolute atomic E-state index is 5.44. The highest BCUT2D eigenvalue weighted by molar-refractivity contribution is 7.11. The highest BCUT2D eigenvalue weighted by Gasteiger charge is 2.14. The molecule has 2 N–H and O–H groups in total. The summed E-state index contributed by atoms with van der Waals surface area (Å²) in [5.74, 6) is 0.857. The number of aliphatic imine (C=N–C) groups is 1. The summed E-state index contributed by atoms with van der Waals surface area (Å²) in [7, 11) is 3.49. The Balaban J connectivity index is 1.53. The van der Waals surface area contributed by atoms with Gasteiger partial charge in [-0.2, -0.15) is 0 Å². The molecule has 1 aromatic heterocycles. The maximum Gasteiger partial charge on any atom is 0.190 e. The van der Waals surface area contributed by atoms with Crippen molar-refractivity contribution in [1.82, 2.24) is 15.6 Å². The average Bonchev–Trinajstić information content (AvgIpc) is 3.05. The van der Waals surface area contributed by atoms with Gasteiger partial charge in [0.05, 0.1) is 23.9 Å². The second-order valence-corrected chi connectivity index (χ2v) is 7.34. The van der Waals surface area contributed by atoms with E-state index in [0.717, 1.165) is 44.9 Å². The highest BCUT2D eigenvalue weighted by Crippen LogP contribution is 2.27. The van der Waals surface area contributed by atoms with Gasteiger partial charge in [0.25, 0.3) is 0 Å². The van der Waals surface area contributed by atoms with Crippen LogP contribution in [0, 0.1) is 0 Å². The standard InChI is InChI=1S/C18H32N4O2S/c1-19-18(21-11-6-12-24-14-13-23-2)20-10-5-9-17-22-15-7-3-4-8-16(15)25-17/h3-14H2,1-2H3,(H2,19,20,21). The van der Waals surface area contributed by atoms with Crippen molar-refractivity contribution in [1.29, 1.82) is 0 Å². The third kappa shape index (κ3) is 7.71. The number of ether oxygens (including phenoxy) is 2. The fraction of sp³-hybridized carbons (Fsp3) is 0.778. The van der Waals surface area contributed by atoms with Crippen molar-refractivity contribution in [2.45, 2.75) is 44.9 Å². The van der Waals surface area contributed by atoms with E-state index < -0.39 is 0 Å². The van der Waals surface area contributed by atoms with Gasteiger partial charge in [0, 0.05) is 45.2 Å². The van der Waals surface area contributed by atoms with Crippen molar-refractivity contribution < 1.29 is 9.47 Å². The monoisotopic (exact) mass is 368 g/mol. The minimum absolute atomic E-state index is 0.652. The lowest BCUT2D eigenvalue weighted by atomic mass is 10.0. The first-order chi connectivity index (χ1) is 12.3. The Labute approximate surface area is 155 Å². The number of fused-ring (bicyclic) bond motifs is 1. The van der Waals surface area contributed by atoms with Crippen LogP contribution in [0.3, 0.4) is 0 Å². The van der Waals surface area contributed by atoms with Gasteiger partial charge in [-0.25, -0.2) is 4.98 Å². The van der Waals surface area contributed by atoms with E-state index in [9.17, 15) is 0 Å². The smallest absolute Gasteiger partial charge is 0.190 e. The SMILES string of the molecule is CN=C(NCCCOCCOC)NCCCc1nc2c(s1)CCCC2. The summed E-state index contributed by atoms with van der Waals surface area (Å²) in [6.45, 7) is 3.81. The normalized spacial score (nSPS) is 14.4. The van der Waals surface area contributed by atoms with Crippen molar-refractivity contribution in [2.24, 2.45) is 4.99 Å². The van der Waals surface area contributed by atoms with Crippen molar-refractivity contribution in [3.05, 3.63) is 15.6 Å². The fourth-order valence-electron chi connectivity index (χ4n) is 2.80. The highest BCUT2D eigenvalue weighted by atomic mass is 32.1. The predicted octanol–water partition coefficient (Wildman–Crippen LogP) is 2.17. The van der Waals surface area contributed by atoms with Gasteiger partial charge < -0.3 is 20.1 Å². The van der Waals surface area contributed by atoms with Gasteiger partial charge in [-0.1, -0.05) is 0 Å². The lowest BCUT2D eigenvalue weighted by Crippen LogP contribution is -2.38. The van der Waals surface area contributed by atoms with E-state index in [1.165, 1.54) is 41.3 Å². The molecule has 0 saturated heterocycles. The van der Waals surface area contributed by atoms with E-state index in [-0.39, 0.29) is 0 Å². The van der Waals surface area contributed by atoms with Gasteiger partial charge in [0.2, 0.25) is 0 Å². The molecule has 0 spiro atoms. The van der Waals surface area contributed by atoms with Crippen molar-refractivity contribution in [3.8, 4) is 0 Å². The molecule has 1 aliphatic rings. The first-order valence-corrected chi connectivity index (χ1v) is 10.1. The predicted molar refractivity (Wildman–Crippen MR) is 104 cm³/mol. The molecule has 0 radical (unpaired) electrons. The van der Waals surface area contributed by atoms with E-state index in [0.29, 0.717) is 13.2 Å². The number of thiazole rings is 1. The molecule has 25 heavy (non-hydrogen) atoms. The largest absolute Gasteiger partial charge is 0.382 e. The number of nitrogens with zero attached hydrogens (tertiary/aromatic N) is 2. The molecule has 0 amide bonds. The van der Waals surface area contributed by atoms with E-state index in [1.807, 2.05) is 11.3 Å². The van der Waals surface area contributed by atoms with Crippen LogP contribution in [0.5, 0.6) is 0 Å². The minimum Gasteiger partial charge on any atom is -0.382 e. The van der Waals surface area contributed by atoms with E-state index in [2.05, 4.69) is 15.6 Å². The number of aromatic nitrogens is 1. The molecule has 0 aliphatic heterocycles. The van der Waals surface area contributed by atoms with Crippen LogP contribution in [-0.4, -0.2) is 58.0 Å². The van der Waals surface area contributed by atoms with Crippen LogP contribution in [0.2, 0.25) is 0 Å². The Hall–Kier alpha value is -1.18. The van der Waals surface area contributed by atoms with Crippen LogP contribution in [-0.2, 0) is 28.7 Å². The van der Waals surface area contributed by atoms with Crippen LogP contribution in [0.1, 0.15) is 41.3 Å². The minimum atomic E-state index is 0.652. The second kappa shape index (κ2) is 12.2. The molecule has 2 rings (SSSR count). The molecule has 1 aromatic rings. The molecule has 0 saturated carbocycles. The molecule has 0 bridgehead atoms. The van der Waals surface area contributed by atoms with Gasteiger partial charge in [-0.05, 0) is 38.5 Å². The molecule has 142 valence electrons. The molecule has 0 fully saturated rings. The first kappa shape index (κ1) is 20.1. The Morgan fingerprint density at radius 2 is 1.92 bits per heavy atom. The third-order valence-corrected chi connectivity index (χ3v) is 5.38. The average molecular weight is 369 g/mol. The molecular weight excluding hydrogens is 336 g/mol. The Bertz CT molecular complexity index is 496. The van der Waals surface area contributed by atoms with Gasteiger partial charge in [0.15, 0.2) is 5.96 Å². The summed E-state index contributed by atoms with van der Waals surface area (Å²) < 4.78 is 10.4. The number of guanidine groups is 1. The Morgan fingerprint density at radius 3 is 2.68 bits per heavy atom. The number of hydrogen-bond donors (Lipinski definition) is 2. The molecule has 1 aliphatic carbocycles. The summed E-state index contributed by atoms with van der Waals surface area (Å²) in [5, 5.41) is 7.98.